The van der Waals surface area contributed by atoms with Crippen molar-refractivity contribution in [3.05, 3.63) is 119 Å². The van der Waals surface area contributed by atoms with E-state index in [1.807, 2.05) is 60.7 Å². The number of fused-ring (bicyclic) bond motifs is 1. The lowest BCUT2D eigenvalue weighted by molar-refractivity contribution is -0.160. The van der Waals surface area contributed by atoms with Gasteiger partial charge < -0.3 is 24.0 Å². The molecule has 3 heterocycles. The van der Waals surface area contributed by atoms with Gasteiger partial charge in [0.1, 0.15) is 22.7 Å². The van der Waals surface area contributed by atoms with E-state index >= 15 is 0 Å². The Morgan fingerprint density at radius 2 is 1.73 bits per heavy atom. The van der Waals surface area contributed by atoms with Crippen LogP contribution in [0.4, 0.5) is 0 Å². The predicted molar refractivity (Wildman–Crippen MR) is 182 cm³/mol. The number of carbonyl (C=O) groups is 4. The molecule has 1 N–H and O–H groups in total. The molecule has 2 atom stereocenters. The number of esters is 2. The van der Waals surface area contributed by atoms with Crippen molar-refractivity contribution in [3.63, 3.8) is 0 Å². The number of hydrogen-bond donors (Lipinski definition) is 1. The second-order valence-electron chi connectivity index (χ2n) is 11.8. The highest BCUT2D eigenvalue weighted by atomic mass is 32.2. The summed E-state index contributed by atoms with van der Waals surface area (Å²) in [6.45, 7) is 6.27. The molecule has 12 heteroatoms. The van der Waals surface area contributed by atoms with E-state index in [2.05, 4.69) is 22.3 Å². The molecule has 0 aliphatic carbocycles. The molecule has 0 bridgehead atoms. The summed E-state index contributed by atoms with van der Waals surface area (Å²) in [7, 11) is 0. The molecule has 2 aliphatic heterocycles. The first-order valence-electron chi connectivity index (χ1n) is 15.4. The van der Waals surface area contributed by atoms with Gasteiger partial charge >= 0.3 is 11.9 Å². The van der Waals surface area contributed by atoms with Crippen molar-refractivity contribution in [1.29, 1.82) is 0 Å². The minimum absolute atomic E-state index is 0.0584. The Hall–Kier alpha value is -5.54. The molecule has 2 aromatic carbocycles. The van der Waals surface area contributed by atoms with Gasteiger partial charge in [-0.25, -0.2) is 9.59 Å². The minimum Gasteiger partial charge on any atom is -0.462 e. The Balaban J connectivity index is 1.38. The second-order valence-corrected chi connectivity index (χ2v) is 13.0. The third kappa shape index (κ3) is 8.49. The molecule has 0 saturated carbocycles. The Labute approximate surface area is 288 Å². The van der Waals surface area contributed by atoms with Gasteiger partial charge in [0.15, 0.2) is 11.9 Å². The van der Waals surface area contributed by atoms with Gasteiger partial charge in [-0.05, 0) is 68.7 Å². The van der Waals surface area contributed by atoms with Crippen LogP contribution in [0.5, 0.6) is 0 Å². The molecule has 2 aliphatic rings. The highest BCUT2D eigenvalue weighted by Gasteiger charge is 2.54. The summed E-state index contributed by atoms with van der Waals surface area (Å²) in [5, 5.41) is 5.91. The lowest BCUT2D eigenvalue weighted by atomic mass is 10.0. The third-order valence-corrected chi connectivity index (χ3v) is 8.45. The molecule has 252 valence electrons. The van der Waals surface area contributed by atoms with Gasteiger partial charge in [0.25, 0.3) is 11.8 Å². The van der Waals surface area contributed by atoms with Crippen molar-refractivity contribution < 1.29 is 37.9 Å². The molecule has 1 saturated heterocycles. The summed E-state index contributed by atoms with van der Waals surface area (Å²) in [5.74, 6) is 3.36. The van der Waals surface area contributed by atoms with E-state index in [-0.39, 0.29) is 17.2 Å². The highest BCUT2D eigenvalue weighted by Crippen LogP contribution is 2.42. The highest BCUT2D eigenvalue weighted by molar-refractivity contribution is 8.00. The van der Waals surface area contributed by atoms with E-state index in [1.54, 1.807) is 45.9 Å². The molecular weight excluding hydrogens is 646 g/mol. The fourth-order valence-electron chi connectivity index (χ4n) is 5.07. The fraction of sp³-hybridized carbons (Fsp3) is 0.270. The number of nitrogens with one attached hydrogen (secondary N) is 1. The number of allylic oxidation sites excluding steroid dienone is 2. The van der Waals surface area contributed by atoms with Crippen LogP contribution < -0.4 is 5.32 Å². The SMILES string of the molecule is CC#CC=CC1=C(C(=O)OC(c2ccccc2)c2ccccc2)N2C(=O)[C@@H](NC(=O)C(=NOCC(=O)OC(C)(C)C)c3ccco3)[C@H]2SC1. The van der Waals surface area contributed by atoms with E-state index in [4.69, 9.17) is 18.7 Å². The number of benzene rings is 2. The van der Waals surface area contributed by atoms with Gasteiger partial charge in [0, 0.05) is 5.75 Å². The molecule has 1 aromatic heterocycles. The van der Waals surface area contributed by atoms with Crippen molar-refractivity contribution in [3.8, 4) is 11.8 Å². The number of rotatable bonds is 11. The topological polar surface area (TPSA) is 137 Å². The number of nitrogens with zero attached hydrogens (tertiary/aromatic N) is 2. The molecule has 0 unspecified atom stereocenters. The number of carbonyl (C=O) groups excluding carboxylic acids is 4. The number of amides is 2. The van der Waals surface area contributed by atoms with E-state index in [0.29, 0.717) is 11.3 Å². The van der Waals surface area contributed by atoms with Gasteiger partial charge in [-0.1, -0.05) is 71.7 Å². The fourth-order valence-corrected chi connectivity index (χ4v) is 6.39. The van der Waals surface area contributed by atoms with Crippen molar-refractivity contribution in [2.24, 2.45) is 5.16 Å². The molecule has 3 aromatic rings. The summed E-state index contributed by atoms with van der Waals surface area (Å²) in [4.78, 5) is 59.9. The Bertz CT molecular complexity index is 1790. The van der Waals surface area contributed by atoms with Crippen molar-refractivity contribution in [1.82, 2.24) is 10.2 Å². The largest absolute Gasteiger partial charge is 0.462 e. The van der Waals surface area contributed by atoms with E-state index in [0.717, 1.165) is 11.1 Å². The average molecular weight is 682 g/mol. The first kappa shape index (κ1) is 34.8. The molecular formula is C37H35N3O8S. The van der Waals surface area contributed by atoms with Gasteiger partial charge in [-0.15, -0.1) is 17.7 Å². The van der Waals surface area contributed by atoms with Crippen LogP contribution in [-0.2, 0) is 33.5 Å². The smallest absolute Gasteiger partial charge is 0.356 e. The third-order valence-electron chi connectivity index (χ3n) is 7.15. The van der Waals surface area contributed by atoms with E-state index < -0.39 is 53.5 Å². The van der Waals surface area contributed by atoms with Crippen molar-refractivity contribution in [2.75, 3.05) is 12.4 Å². The Kier molecular flexibility index (Phi) is 11.1. The monoisotopic (exact) mass is 681 g/mol. The molecule has 49 heavy (non-hydrogen) atoms. The minimum atomic E-state index is -1.01. The summed E-state index contributed by atoms with van der Waals surface area (Å²) in [5.41, 5.74) is 1.13. The van der Waals surface area contributed by atoms with Crippen LogP contribution in [0.3, 0.4) is 0 Å². The molecule has 5 rings (SSSR count). The average Bonchev–Trinajstić information content (AvgIpc) is 3.62. The summed E-state index contributed by atoms with van der Waals surface area (Å²) in [6, 6.07) is 20.7. The lowest BCUT2D eigenvalue weighted by Gasteiger charge is -2.49. The van der Waals surface area contributed by atoms with Crippen LogP contribution in [0, 0.1) is 11.8 Å². The maximum absolute atomic E-state index is 14.1. The van der Waals surface area contributed by atoms with Gasteiger partial charge in [-0.2, -0.15) is 0 Å². The number of ether oxygens (including phenoxy) is 2. The van der Waals surface area contributed by atoms with E-state index in [1.165, 1.54) is 29.0 Å². The second kappa shape index (κ2) is 15.6. The van der Waals surface area contributed by atoms with Crippen LogP contribution in [0.1, 0.15) is 50.7 Å². The van der Waals surface area contributed by atoms with Crippen molar-refractivity contribution in [2.45, 2.75) is 50.8 Å². The molecule has 0 radical (unpaired) electrons. The normalized spacial score (nSPS) is 17.5. The molecule has 2 amide bonds. The Morgan fingerprint density at radius 1 is 1.06 bits per heavy atom. The number of oxime groups is 1. The van der Waals surface area contributed by atoms with Gasteiger partial charge in [0.2, 0.25) is 12.3 Å². The number of furan rings is 1. The van der Waals surface area contributed by atoms with Crippen LogP contribution in [0.2, 0.25) is 0 Å². The number of thioether (sulfide) groups is 1. The summed E-state index contributed by atoms with van der Waals surface area (Å²) in [6.07, 6.45) is 3.91. The van der Waals surface area contributed by atoms with Crippen LogP contribution in [0.25, 0.3) is 0 Å². The predicted octanol–water partition coefficient (Wildman–Crippen LogP) is 4.91. The van der Waals surface area contributed by atoms with Crippen molar-refractivity contribution >= 4 is 41.2 Å². The van der Waals surface area contributed by atoms with Crippen LogP contribution >= 0.6 is 11.8 Å². The number of hydrogen-bond acceptors (Lipinski definition) is 10. The zero-order chi connectivity index (χ0) is 35.0. The number of β-lactam (4-membered cyclic amide) rings is 1. The van der Waals surface area contributed by atoms with Gasteiger partial charge in [-0.3, -0.25) is 14.5 Å². The van der Waals surface area contributed by atoms with Gasteiger partial charge in [0.05, 0.1) is 6.26 Å². The lowest BCUT2D eigenvalue weighted by Crippen LogP contribution is -2.71. The first-order valence-corrected chi connectivity index (χ1v) is 16.5. The summed E-state index contributed by atoms with van der Waals surface area (Å²) < 4.78 is 16.7. The Morgan fingerprint density at radius 3 is 2.33 bits per heavy atom. The maximum Gasteiger partial charge on any atom is 0.356 e. The van der Waals surface area contributed by atoms with Crippen LogP contribution in [-0.4, -0.2) is 63.7 Å². The molecule has 0 spiro atoms. The quantitative estimate of drug-likeness (QED) is 0.0985. The van der Waals surface area contributed by atoms with E-state index in [9.17, 15) is 19.2 Å². The molecule has 1 fully saturated rings. The first-order chi connectivity index (χ1) is 23.6. The maximum atomic E-state index is 14.1. The standard InChI is InChI=1S/C37H35N3O8S/c1-5-6-9-19-26-23-49-35-30(38-33(42)29(27-20-14-21-45-27)39-46-22-28(41)48-37(2,3)4)34(43)40(35)31(26)36(44)47-32(24-15-10-7-11-16-24)25-17-12-8-13-18-25/h7-21,30,32,35H,22-23H2,1-4H3,(H,38,42)/t30-,35-/m1/s1. The molecule has 11 nitrogen and oxygen atoms in total. The summed E-state index contributed by atoms with van der Waals surface area (Å²) >= 11 is 1.37. The van der Waals surface area contributed by atoms with Crippen LogP contribution in [0.15, 0.2) is 112 Å². The zero-order valence-corrected chi connectivity index (χ0v) is 28.2. The zero-order valence-electron chi connectivity index (χ0n) is 27.4.